The van der Waals surface area contributed by atoms with E-state index in [1.54, 1.807) is 7.11 Å². The Bertz CT molecular complexity index is 1120. The van der Waals surface area contributed by atoms with Crippen molar-refractivity contribution in [3.05, 3.63) is 102 Å². The number of hydrogen-bond acceptors (Lipinski definition) is 2. The van der Waals surface area contributed by atoms with Crippen LogP contribution in [0.25, 0.3) is 10.9 Å². The molecule has 0 bridgehead atoms. The summed E-state index contributed by atoms with van der Waals surface area (Å²) in [6, 6.07) is 26.5. The van der Waals surface area contributed by atoms with Gasteiger partial charge in [-0.05, 0) is 53.6 Å². The van der Waals surface area contributed by atoms with Gasteiger partial charge in [-0.1, -0.05) is 60.7 Å². The molecule has 0 unspecified atom stereocenters. The third kappa shape index (κ3) is 5.34. The van der Waals surface area contributed by atoms with Gasteiger partial charge in [0.25, 0.3) is 0 Å². The van der Waals surface area contributed by atoms with Crippen LogP contribution in [-0.4, -0.2) is 18.0 Å². The van der Waals surface area contributed by atoms with E-state index in [4.69, 9.17) is 4.74 Å². The number of amides is 1. The molecule has 1 atom stereocenters. The van der Waals surface area contributed by atoms with Crippen LogP contribution in [0.15, 0.2) is 85.1 Å². The third-order valence-corrected chi connectivity index (χ3v) is 5.75. The zero-order valence-electron chi connectivity index (χ0n) is 17.8. The molecule has 4 nitrogen and oxygen atoms in total. The van der Waals surface area contributed by atoms with Gasteiger partial charge in [-0.3, -0.25) is 4.79 Å². The Balaban J connectivity index is 1.53. The lowest BCUT2D eigenvalue weighted by molar-refractivity contribution is -0.121. The summed E-state index contributed by atoms with van der Waals surface area (Å²) in [4.78, 5) is 16.2. The Morgan fingerprint density at radius 2 is 1.68 bits per heavy atom. The van der Waals surface area contributed by atoms with Gasteiger partial charge in [0.1, 0.15) is 5.75 Å². The lowest BCUT2D eigenvalue weighted by atomic mass is 9.89. The summed E-state index contributed by atoms with van der Waals surface area (Å²) in [5.74, 6) is 1.000. The van der Waals surface area contributed by atoms with Crippen molar-refractivity contribution in [3.63, 3.8) is 0 Å². The van der Waals surface area contributed by atoms with Crippen LogP contribution in [0, 0.1) is 0 Å². The Morgan fingerprint density at radius 1 is 0.968 bits per heavy atom. The minimum Gasteiger partial charge on any atom is -0.497 e. The first-order chi connectivity index (χ1) is 15.2. The Hall–Kier alpha value is -3.53. The average Bonchev–Trinajstić information content (AvgIpc) is 3.25. The van der Waals surface area contributed by atoms with Gasteiger partial charge >= 0.3 is 0 Å². The number of ether oxygens (including phenoxy) is 1. The number of aromatic amines is 1. The molecular weight excluding hydrogens is 384 g/mol. The predicted molar refractivity (Wildman–Crippen MR) is 125 cm³/mol. The predicted octanol–water partition coefficient (Wildman–Crippen LogP) is 5.60. The number of hydrogen-bond donors (Lipinski definition) is 2. The number of nitrogens with one attached hydrogen (secondary N) is 2. The first-order valence-corrected chi connectivity index (χ1v) is 10.7. The molecule has 0 aliphatic heterocycles. The molecule has 0 saturated heterocycles. The molecular formula is C27H28N2O2. The summed E-state index contributed by atoms with van der Waals surface area (Å²) in [7, 11) is 1.68. The maximum absolute atomic E-state index is 12.8. The minimum absolute atomic E-state index is 0.0687. The van der Waals surface area contributed by atoms with Crippen LogP contribution >= 0.6 is 0 Å². The molecule has 0 aliphatic carbocycles. The van der Waals surface area contributed by atoms with E-state index in [0.717, 1.165) is 35.1 Å². The summed E-state index contributed by atoms with van der Waals surface area (Å²) in [6.45, 7) is 0.548. The quantitative estimate of drug-likeness (QED) is 0.376. The molecule has 1 aromatic heterocycles. The molecule has 4 rings (SSSR count). The highest BCUT2D eigenvalue weighted by molar-refractivity contribution is 5.86. The van der Waals surface area contributed by atoms with Gasteiger partial charge in [-0.25, -0.2) is 0 Å². The van der Waals surface area contributed by atoms with E-state index in [1.807, 2.05) is 54.7 Å². The molecule has 158 valence electrons. The fraction of sp³-hybridized carbons (Fsp3) is 0.222. The number of methoxy groups -OCH3 is 1. The zero-order valence-corrected chi connectivity index (χ0v) is 17.8. The second kappa shape index (κ2) is 9.98. The number of benzene rings is 3. The maximum atomic E-state index is 12.8. The van der Waals surface area contributed by atoms with E-state index in [-0.39, 0.29) is 11.8 Å². The smallest absolute Gasteiger partial charge is 0.220 e. The minimum atomic E-state index is 0.0687. The Morgan fingerprint density at radius 3 is 2.39 bits per heavy atom. The molecule has 0 aliphatic rings. The monoisotopic (exact) mass is 412 g/mol. The topological polar surface area (TPSA) is 54.1 Å². The number of aryl methyl sites for hydroxylation is 1. The molecule has 31 heavy (non-hydrogen) atoms. The third-order valence-electron chi connectivity index (χ3n) is 5.75. The van der Waals surface area contributed by atoms with Gasteiger partial charge in [0, 0.05) is 30.1 Å². The van der Waals surface area contributed by atoms with Gasteiger partial charge in [0.15, 0.2) is 0 Å². The van der Waals surface area contributed by atoms with Gasteiger partial charge in [0.05, 0.1) is 7.11 Å². The highest BCUT2D eigenvalue weighted by Gasteiger charge is 2.20. The second-order valence-corrected chi connectivity index (χ2v) is 7.84. The summed E-state index contributed by atoms with van der Waals surface area (Å²) in [5, 5.41) is 4.21. The summed E-state index contributed by atoms with van der Waals surface area (Å²) in [6.07, 6.45) is 4.31. The Kier molecular flexibility index (Phi) is 6.68. The van der Waals surface area contributed by atoms with E-state index >= 15 is 0 Å². The number of aromatic nitrogens is 1. The van der Waals surface area contributed by atoms with Crippen molar-refractivity contribution < 1.29 is 9.53 Å². The van der Waals surface area contributed by atoms with Crippen molar-refractivity contribution >= 4 is 16.8 Å². The number of carbonyl (C=O) groups excluding carboxylic acids is 1. The molecule has 1 amide bonds. The van der Waals surface area contributed by atoms with Crippen LogP contribution in [0.3, 0.4) is 0 Å². The molecule has 0 fully saturated rings. The number of fused-ring (bicyclic) bond motifs is 1. The first-order valence-electron chi connectivity index (χ1n) is 10.7. The molecule has 1 heterocycles. The number of carbonyl (C=O) groups is 1. The van der Waals surface area contributed by atoms with Crippen LogP contribution in [0.4, 0.5) is 0 Å². The van der Waals surface area contributed by atoms with Gasteiger partial charge in [-0.2, -0.15) is 0 Å². The summed E-state index contributed by atoms with van der Waals surface area (Å²) >= 11 is 0. The van der Waals surface area contributed by atoms with Crippen molar-refractivity contribution in [2.45, 2.75) is 31.7 Å². The van der Waals surface area contributed by atoms with Crippen LogP contribution in [0.2, 0.25) is 0 Å². The van der Waals surface area contributed by atoms with E-state index in [9.17, 15) is 4.79 Å². The molecule has 2 N–H and O–H groups in total. The molecule has 4 heteroatoms. The van der Waals surface area contributed by atoms with E-state index in [0.29, 0.717) is 13.0 Å². The Labute approximate surface area is 183 Å². The normalized spacial score (nSPS) is 11.9. The summed E-state index contributed by atoms with van der Waals surface area (Å²) in [5.41, 5.74) is 4.62. The van der Waals surface area contributed by atoms with Crippen molar-refractivity contribution in [1.29, 1.82) is 0 Å². The van der Waals surface area contributed by atoms with Gasteiger partial charge in [-0.15, -0.1) is 0 Å². The summed E-state index contributed by atoms with van der Waals surface area (Å²) < 4.78 is 5.43. The number of rotatable bonds is 9. The van der Waals surface area contributed by atoms with Crippen molar-refractivity contribution in [3.8, 4) is 5.75 Å². The van der Waals surface area contributed by atoms with Gasteiger partial charge in [0.2, 0.25) is 5.91 Å². The molecule has 0 radical (unpaired) electrons. The molecule has 4 aromatic rings. The van der Waals surface area contributed by atoms with Crippen LogP contribution in [0.1, 0.15) is 35.4 Å². The van der Waals surface area contributed by atoms with Gasteiger partial charge < -0.3 is 15.0 Å². The highest BCUT2D eigenvalue weighted by Crippen LogP contribution is 2.33. The lowest BCUT2D eigenvalue weighted by Crippen LogP contribution is -2.24. The highest BCUT2D eigenvalue weighted by atomic mass is 16.5. The molecule has 3 aromatic carbocycles. The van der Waals surface area contributed by atoms with Crippen LogP contribution < -0.4 is 10.1 Å². The largest absolute Gasteiger partial charge is 0.497 e. The first kappa shape index (κ1) is 20.7. The van der Waals surface area contributed by atoms with E-state index in [1.165, 1.54) is 11.1 Å². The van der Waals surface area contributed by atoms with Crippen molar-refractivity contribution in [2.24, 2.45) is 0 Å². The van der Waals surface area contributed by atoms with Crippen molar-refractivity contribution in [2.75, 3.05) is 7.11 Å². The fourth-order valence-electron chi connectivity index (χ4n) is 4.03. The number of H-pyrrole nitrogens is 1. The molecule has 0 saturated carbocycles. The second-order valence-electron chi connectivity index (χ2n) is 7.84. The van der Waals surface area contributed by atoms with Crippen molar-refractivity contribution in [1.82, 2.24) is 10.3 Å². The molecule has 0 spiro atoms. The SMILES string of the molecule is COc1ccc2[nH]cc([C@H](CCc3ccccc3)CC(=O)NCc3ccccc3)c2c1. The van der Waals surface area contributed by atoms with E-state index < -0.39 is 0 Å². The van der Waals surface area contributed by atoms with Crippen LogP contribution in [-0.2, 0) is 17.8 Å². The maximum Gasteiger partial charge on any atom is 0.220 e. The lowest BCUT2D eigenvalue weighted by Gasteiger charge is -2.17. The van der Waals surface area contributed by atoms with Crippen LogP contribution in [0.5, 0.6) is 5.75 Å². The van der Waals surface area contributed by atoms with E-state index in [2.05, 4.69) is 40.6 Å². The average molecular weight is 413 g/mol. The zero-order chi connectivity index (χ0) is 21.5. The fourth-order valence-corrected chi connectivity index (χ4v) is 4.03. The standard InChI is InChI=1S/C27H28N2O2/c1-31-23-14-15-26-24(17-23)25(19-28-26)22(13-12-20-8-4-2-5-9-20)16-27(30)29-18-21-10-6-3-7-11-21/h2-11,14-15,17,19,22,28H,12-13,16,18H2,1H3,(H,29,30)/t22-/m1/s1.